The van der Waals surface area contributed by atoms with E-state index in [-0.39, 0.29) is 0 Å². The van der Waals surface area contributed by atoms with Gasteiger partial charge in [-0.15, -0.1) is 0 Å². The summed E-state index contributed by atoms with van der Waals surface area (Å²) in [5, 5.41) is 0. The zero-order valence-electron chi connectivity index (χ0n) is 10.8. The molecule has 0 aliphatic heterocycles. The second kappa shape index (κ2) is 5.19. The molecule has 0 amide bonds. The van der Waals surface area contributed by atoms with Gasteiger partial charge in [0.05, 0.1) is 7.11 Å². The third kappa shape index (κ3) is 2.87. The predicted octanol–water partition coefficient (Wildman–Crippen LogP) is 2.51. The van der Waals surface area contributed by atoms with Crippen molar-refractivity contribution in [3.05, 3.63) is 59.9 Å². The van der Waals surface area contributed by atoms with Crippen LogP contribution in [0.5, 0.6) is 5.75 Å². The Morgan fingerprint density at radius 3 is 2.50 bits per heavy atom. The Balaban J connectivity index is 2.16. The van der Waals surface area contributed by atoms with E-state index >= 15 is 0 Å². The van der Waals surface area contributed by atoms with Crippen LogP contribution in [-0.2, 0) is 12.0 Å². The molecule has 0 aliphatic carbocycles. The average Bonchev–Trinajstić information content (AvgIpc) is 2.40. The van der Waals surface area contributed by atoms with Crippen LogP contribution in [0.15, 0.2) is 48.8 Å². The fraction of sp³-hybridized carbons (Fsp3) is 0.267. The van der Waals surface area contributed by atoms with E-state index in [2.05, 4.69) is 4.98 Å². The molecule has 94 valence electrons. The number of nitrogens with zero attached hydrogens (tertiary/aromatic N) is 1. The molecule has 1 aromatic heterocycles. The Bertz CT molecular complexity index is 492. The van der Waals surface area contributed by atoms with Crippen molar-refractivity contribution in [2.45, 2.75) is 18.9 Å². The van der Waals surface area contributed by atoms with E-state index in [1.165, 1.54) is 5.56 Å². The topological polar surface area (TPSA) is 48.1 Å². The van der Waals surface area contributed by atoms with Gasteiger partial charge in [0.1, 0.15) is 5.75 Å². The van der Waals surface area contributed by atoms with Gasteiger partial charge in [-0.25, -0.2) is 0 Å². The molecule has 3 heteroatoms. The molecule has 1 unspecified atom stereocenters. The highest BCUT2D eigenvalue weighted by molar-refractivity contribution is 5.30. The molecule has 2 N–H and O–H groups in total. The zero-order chi connectivity index (χ0) is 13.0. The Morgan fingerprint density at radius 2 is 1.94 bits per heavy atom. The summed E-state index contributed by atoms with van der Waals surface area (Å²) < 4.78 is 5.14. The highest BCUT2D eigenvalue weighted by atomic mass is 16.5. The summed E-state index contributed by atoms with van der Waals surface area (Å²) in [6, 6.07) is 11.9. The van der Waals surface area contributed by atoms with Crippen molar-refractivity contribution < 1.29 is 4.74 Å². The monoisotopic (exact) mass is 242 g/mol. The zero-order valence-corrected chi connectivity index (χ0v) is 10.8. The third-order valence-corrected chi connectivity index (χ3v) is 3.05. The Labute approximate surface area is 108 Å². The van der Waals surface area contributed by atoms with Crippen molar-refractivity contribution in [1.82, 2.24) is 4.98 Å². The maximum absolute atomic E-state index is 6.37. The molecular formula is C15H18N2O. The SMILES string of the molecule is COc1ccc(CC(C)(N)c2cccnc2)cc1. The molecule has 2 aromatic rings. The lowest BCUT2D eigenvalue weighted by Gasteiger charge is -2.25. The van der Waals surface area contributed by atoms with Crippen molar-refractivity contribution in [3.8, 4) is 5.75 Å². The first-order chi connectivity index (χ1) is 8.62. The summed E-state index contributed by atoms with van der Waals surface area (Å²) in [6.45, 7) is 2.02. The van der Waals surface area contributed by atoms with Crippen LogP contribution in [0.3, 0.4) is 0 Å². The maximum atomic E-state index is 6.37. The first-order valence-corrected chi connectivity index (χ1v) is 5.94. The van der Waals surface area contributed by atoms with E-state index in [9.17, 15) is 0 Å². The summed E-state index contributed by atoms with van der Waals surface area (Å²) in [5.74, 6) is 0.860. The van der Waals surface area contributed by atoms with Crippen LogP contribution in [0.1, 0.15) is 18.1 Å². The molecular weight excluding hydrogens is 224 g/mol. The number of hydrogen-bond donors (Lipinski definition) is 1. The largest absolute Gasteiger partial charge is 0.497 e. The van der Waals surface area contributed by atoms with Gasteiger partial charge in [0, 0.05) is 17.9 Å². The molecule has 0 fully saturated rings. The Morgan fingerprint density at radius 1 is 1.22 bits per heavy atom. The molecule has 1 aromatic carbocycles. The number of benzene rings is 1. The van der Waals surface area contributed by atoms with Crippen molar-refractivity contribution in [2.24, 2.45) is 5.73 Å². The molecule has 0 bridgehead atoms. The van der Waals surface area contributed by atoms with Gasteiger partial charge in [0.25, 0.3) is 0 Å². The molecule has 0 saturated carbocycles. The Hall–Kier alpha value is -1.87. The van der Waals surface area contributed by atoms with E-state index < -0.39 is 5.54 Å². The lowest BCUT2D eigenvalue weighted by molar-refractivity contribution is 0.414. The quantitative estimate of drug-likeness (QED) is 0.896. The van der Waals surface area contributed by atoms with Crippen LogP contribution in [0.2, 0.25) is 0 Å². The van der Waals surface area contributed by atoms with Crippen LogP contribution < -0.4 is 10.5 Å². The average molecular weight is 242 g/mol. The minimum Gasteiger partial charge on any atom is -0.497 e. The van der Waals surface area contributed by atoms with Crippen molar-refractivity contribution in [3.63, 3.8) is 0 Å². The molecule has 3 nitrogen and oxygen atoms in total. The fourth-order valence-corrected chi connectivity index (χ4v) is 1.97. The molecule has 0 aliphatic rings. The van der Waals surface area contributed by atoms with Gasteiger partial charge in [-0.05, 0) is 42.7 Å². The van der Waals surface area contributed by atoms with Crippen LogP contribution in [0.4, 0.5) is 0 Å². The predicted molar refractivity (Wildman–Crippen MR) is 72.5 cm³/mol. The first kappa shape index (κ1) is 12.6. The number of rotatable bonds is 4. The molecule has 0 saturated heterocycles. The molecule has 1 heterocycles. The number of methoxy groups -OCH3 is 1. The van der Waals surface area contributed by atoms with E-state index in [0.717, 1.165) is 17.7 Å². The number of ether oxygens (including phenoxy) is 1. The smallest absolute Gasteiger partial charge is 0.118 e. The van der Waals surface area contributed by atoms with Gasteiger partial charge in [-0.2, -0.15) is 0 Å². The van der Waals surface area contributed by atoms with Gasteiger partial charge in [-0.3, -0.25) is 4.98 Å². The standard InChI is InChI=1S/C15H18N2O/c1-15(16,13-4-3-9-17-11-13)10-12-5-7-14(18-2)8-6-12/h3-9,11H,10,16H2,1-2H3. The van der Waals surface area contributed by atoms with Crippen LogP contribution in [0, 0.1) is 0 Å². The molecule has 2 rings (SSSR count). The van der Waals surface area contributed by atoms with E-state index in [4.69, 9.17) is 10.5 Å². The molecule has 0 radical (unpaired) electrons. The van der Waals surface area contributed by atoms with Gasteiger partial charge >= 0.3 is 0 Å². The summed E-state index contributed by atoms with van der Waals surface area (Å²) >= 11 is 0. The second-order valence-corrected chi connectivity index (χ2v) is 4.68. The lowest BCUT2D eigenvalue weighted by atomic mass is 9.87. The highest BCUT2D eigenvalue weighted by Gasteiger charge is 2.21. The van der Waals surface area contributed by atoms with E-state index in [1.807, 2.05) is 49.5 Å². The summed E-state index contributed by atoms with van der Waals surface area (Å²) in [6.07, 6.45) is 4.35. The lowest BCUT2D eigenvalue weighted by Crippen LogP contribution is -2.35. The second-order valence-electron chi connectivity index (χ2n) is 4.68. The normalized spacial score (nSPS) is 13.9. The van der Waals surface area contributed by atoms with Gasteiger partial charge in [-0.1, -0.05) is 18.2 Å². The molecule has 0 spiro atoms. The van der Waals surface area contributed by atoms with Gasteiger partial charge in [0.2, 0.25) is 0 Å². The summed E-state index contributed by atoms with van der Waals surface area (Å²) in [4.78, 5) is 4.12. The number of pyridine rings is 1. The van der Waals surface area contributed by atoms with Gasteiger partial charge < -0.3 is 10.5 Å². The van der Waals surface area contributed by atoms with E-state index in [0.29, 0.717) is 0 Å². The summed E-state index contributed by atoms with van der Waals surface area (Å²) in [5.41, 5.74) is 8.18. The van der Waals surface area contributed by atoms with Crippen LogP contribution in [-0.4, -0.2) is 12.1 Å². The first-order valence-electron chi connectivity index (χ1n) is 5.94. The van der Waals surface area contributed by atoms with Crippen molar-refractivity contribution >= 4 is 0 Å². The summed E-state index contributed by atoms with van der Waals surface area (Å²) in [7, 11) is 1.66. The van der Waals surface area contributed by atoms with Crippen molar-refractivity contribution in [1.29, 1.82) is 0 Å². The highest BCUT2D eigenvalue weighted by Crippen LogP contribution is 2.23. The van der Waals surface area contributed by atoms with Crippen LogP contribution >= 0.6 is 0 Å². The number of hydrogen-bond acceptors (Lipinski definition) is 3. The van der Waals surface area contributed by atoms with E-state index in [1.54, 1.807) is 13.3 Å². The fourth-order valence-electron chi connectivity index (χ4n) is 1.97. The van der Waals surface area contributed by atoms with Crippen LogP contribution in [0.25, 0.3) is 0 Å². The third-order valence-electron chi connectivity index (χ3n) is 3.05. The number of aromatic nitrogens is 1. The molecule has 18 heavy (non-hydrogen) atoms. The Kier molecular flexibility index (Phi) is 3.63. The number of nitrogens with two attached hydrogens (primary N) is 1. The minimum atomic E-state index is -0.414. The van der Waals surface area contributed by atoms with Crippen molar-refractivity contribution in [2.75, 3.05) is 7.11 Å². The van der Waals surface area contributed by atoms with Gasteiger partial charge in [0.15, 0.2) is 0 Å². The molecule has 1 atom stereocenters. The minimum absolute atomic E-state index is 0.414. The maximum Gasteiger partial charge on any atom is 0.118 e.